The summed E-state index contributed by atoms with van der Waals surface area (Å²) >= 11 is 0. The maximum absolute atomic E-state index is 11.3. The highest BCUT2D eigenvalue weighted by molar-refractivity contribution is 5.92. The highest BCUT2D eigenvalue weighted by Gasteiger charge is 2.13. The molecular formula is C15H17NO3. The summed E-state index contributed by atoms with van der Waals surface area (Å²) in [4.78, 5) is 11.3. The van der Waals surface area contributed by atoms with E-state index in [1.165, 1.54) is 0 Å². The Labute approximate surface area is 112 Å². The molecule has 0 radical (unpaired) electrons. The summed E-state index contributed by atoms with van der Waals surface area (Å²) in [5.74, 6) is 0.802. The third-order valence-electron chi connectivity index (χ3n) is 3.29. The molecule has 19 heavy (non-hydrogen) atoms. The number of hydrogen-bond donors (Lipinski definition) is 1. The Morgan fingerprint density at radius 3 is 2.47 bits per heavy atom. The Morgan fingerprint density at radius 2 is 1.89 bits per heavy atom. The second kappa shape index (κ2) is 5.18. The lowest BCUT2D eigenvalue weighted by Crippen LogP contribution is -2.18. The van der Waals surface area contributed by atoms with Crippen LogP contribution in [-0.4, -0.2) is 20.1 Å². The van der Waals surface area contributed by atoms with Gasteiger partial charge in [-0.1, -0.05) is 18.2 Å². The molecule has 1 amide bonds. The molecule has 1 unspecified atom stereocenters. The first-order chi connectivity index (χ1) is 9.06. The van der Waals surface area contributed by atoms with Gasteiger partial charge < -0.3 is 15.2 Å². The Balaban J connectivity index is 2.61. The molecule has 0 aromatic heterocycles. The number of primary amides is 1. The van der Waals surface area contributed by atoms with Crippen LogP contribution in [0.5, 0.6) is 11.5 Å². The van der Waals surface area contributed by atoms with Crippen LogP contribution in [0, 0.1) is 0 Å². The van der Waals surface area contributed by atoms with Crippen molar-refractivity contribution in [2.45, 2.75) is 12.8 Å². The maximum Gasteiger partial charge on any atom is 0.224 e. The number of hydrogen-bond acceptors (Lipinski definition) is 3. The van der Waals surface area contributed by atoms with E-state index in [-0.39, 0.29) is 11.8 Å². The molecule has 0 bridgehead atoms. The predicted octanol–water partition coefficient (Wildman–Crippen LogP) is 2.45. The van der Waals surface area contributed by atoms with Gasteiger partial charge in [0.1, 0.15) is 11.5 Å². The minimum Gasteiger partial charge on any atom is -0.497 e. The molecule has 2 N–H and O–H groups in total. The topological polar surface area (TPSA) is 61.6 Å². The average molecular weight is 259 g/mol. The van der Waals surface area contributed by atoms with Crippen molar-refractivity contribution in [1.82, 2.24) is 0 Å². The van der Waals surface area contributed by atoms with E-state index < -0.39 is 0 Å². The summed E-state index contributed by atoms with van der Waals surface area (Å²) < 4.78 is 10.6. The van der Waals surface area contributed by atoms with Crippen molar-refractivity contribution in [3.63, 3.8) is 0 Å². The number of ether oxygens (including phenoxy) is 2. The number of benzene rings is 2. The second-order valence-corrected chi connectivity index (χ2v) is 4.43. The molecule has 2 aromatic rings. The number of methoxy groups -OCH3 is 2. The number of amides is 1. The van der Waals surface area contributed by atoms with Gasteiger partial charge in [0, 0.05) is 11.5 Å². The van der Waals surface area contributed by atoms with E-state index in [0.717, 1.165) is 22.1 Å². The molecule has 2 rings (SSSR count). The second-order valence-electron chi connectivity index (χ2n) is 4.43. The van der Waals surface area contributed by atoms with Crippen LogP contribution in [0.25, 0.3) is 10.8 Å². The fourth-order valence-corrected chi connectivity index (χ4v) is 2.05. The smallest absolute Gasteiger partial charge is 0.224 e. The van der Waals surface area contributed by atoms with Crippen LogP contribution in [0.3, 0.4) is 0 Å². The standard InChI is InChI=1S/C15H17NO3/c1-9(15(16)17)10-4-5-13-11(6-10)7-12(18-2)8-14(13)19-3/h4-9H,1-3H3,(H2,16,17). The molecule has 4 nitrogen and oxygen atoms in total. The van der Waals surface area contributed by atoms with Crippen molar-refractivity contribution >= 4 is 16.7 Å². The zero-order valence-electron chi connectivity index (χ0n) is 11.3. The summed E-state index contributed by atoms with van der Waals surface area (Å²) in [5, 5.41) is 1.94. The summed E-state index contributed by atoms with van der Waals surface area (Å²) in [5.41, 5.74) is 6.22. The largest absolute Gasteiger partial charge is 0.497 e. The molecule has 1 atom stereocenters. The van der Waals surface area contributed by atoms with Gasteiger partial charge in [-0.15, -0.1) is 0 Å². The number of carbonyl (C=O) groups excluding carboxylic acids is 1. The molecule has 0 saturated carbocycles. The monoisotopic (exact) mass is 259 g/mol. The zero-order valence-corrected chi connectivity index (χ0v) is 11.3. The summed E-state index contributed by atoms with van der Waals surface area (Å²) in [7, 11) is 3.23. The van der Waals surface area contributed by atoms with Crippen molar-refractivity contribution in [1.29, 1.82) is 0 Å². The lowest BCUT2D eigenvalue weighted by atomic mass is 9.97. The Bertz CT molecular complexity index is 622. The number of rotatable bonds is 4. The molecule has 0 aliphatic rings. The summed E-state index contributed by atoms with van der Waals surface area (Å²) in [6.45, 7) is 1.79. The predicted molar refractivity (Wildman–Crippen MR) is 74.7 cm³/mol. The van der Waals surface area contributed by atoms with Gasteiger partial charge in [-0.05, 0) is 23.9 Å². The molecular weight excluding hydrogens is 242 g/mol. The van der Waals surface area contributed by atoms with Crippen LogP contribution in [0.4, 0.5) is 0 Å². The Kier molecular flexibility index (Phi) is 3.60. The third kappa shape index (κ3) is 2.47. The minimum absolute atomic E-state index is 0.318. The highest BCUT2D eigenvalue weighted by atomic mass is 16.5. The van der Waals surface area contributed by atoms with E-state index in [9.17, 15) is 4.79 Å². The normalized spacial score (nSPS) is 12.2. The first kappa shape index (κ1) is 13.2. The van der Waals surface area contributed by atoms with Crippen LogP contribution < -0.4 is 15.2 Å². The molecule has 2 aromatic carbocycles. The van der Waals surface area contributed by atoms with Crippen molar-refractivity contribution < 1.29 is 14.3 Å². The van der Waals surface area contributed by atoms with Gasteiger partial charge in [0.15, 0.2) is 0 Å². The van der Waals surface area contributed by atoms with E-state index in [2.05, 4.69) is 0 Å². The Hall–Kier alpha value is -2.23. The Morgan fingerprint density at radius 1 is 1.16 bits per heavy atom. The number of carbonyl (C=O) groups is 1. The van der Waals surface area contributed by atoms with Crippen molar-refractivity contribution in [3.05, 3.63) is 35.9 Å². The fourth-order valence-electron chi connectivity index (χ4n) is 2.05. The first-order valence-corrected chi connectivity index (χ1v) is 6.01. The van der Waals surface area contributed by atoms with Crippen LogP contribution in [0.15, 0.2) is 30.3 Å². The number of fused-ring (bicyclic) bond motifs is 1. The molecule has 0 aliphatic carbocycles. The van der Waals surface area contributed by atoms with Gasteiger partial charge in [-0.25, -0.2) is 0 Å². The molecule has 4 heteroatoms. The van der Waals surface area contributed by atoms with Crippen LogP contribution in [0.2, 0.25) is 0 Å². The molecule has 0 aliphatic heterocycles. The van der Waals surface area contributed by atoms with Crippen molar-refractivity contribution in [3.8, 4) is 11.5 Å². The van der Waals surface area contributed by atoms with Crippen molar-refractivity contribution in [2.24, 2.45) is 5.73 Å². The first-order valence-electron chi connectivity index (χ1n) is 6.01. The molecule has 0 saturated heterocycles. The highest BCUT2D eigenvalue weighted by Crippen LogP contribution is 2.32. The van der Waals surface area contributed by atoms with E-state index >= 15 is 0 Å². The molecule has 0 spiro atoms. The van der Waals surface area contributed by atoms with E-state index in [1.54, 1.807) is 21.1 Å². The SMILES string of the molecule is COc1cc(OC)c2ccc(C(C)C(N)=O)cc2c1. The summed E-state index contributed by atoms with van der Waals surface area (Å²) in [6.07, 6.45) is 0. The van der Waals surface area contributed by atoms with E-state index in [0.29, 0.717) is 5.75 Å². The van der Waals surface area contributed by atoms with E-state index in [1.807, 2.05) is 30.3 Å². The lowest BCUT2D eigenvalue weighted by molar-refractivity contribution is -0.119. The molecule has 0 heterocycles. The van der Waals surface area contributed by atoms with Gasteiger partial charge in [-0.3, -0.25) is 4.79 Å². The zero-order chi connectivity index (χ0) is 14.0. The molecule has 0 fully saturated rings. The van der Waals surface area contributed by atoms with Gasteiger partial charge in [0.25, 0.3) is 0 Å². The van der Waals surface area contributed by atoms with Crippen LogP contribution in [-0.2, 0) is 4.79 Å². The minimum atomic E-state index is -0.339. The lowest BCUT2D eigenvalue weighted by Gasteiger charge is -2.12. The number of nitrogens with two attached hydrogens (primary N) is 1. The average Bonchev–Trinajstić information content (AvgIpc) is 2.44. The fraction of sp³-hybridized carbons (Fsp3) is 0.267. The van der Waals surface area contributed by atoms with Gasteiger partial charge in [0.05, 0.1) is 20.1 Å². The maximum atomic E-state index is 11.3. The summed E-state index contributed by atoms with van der Waals surface area (Å²) in [6, 6.07) is 9.51. The van der Waals surface area contributed by atoms with Crippen LogP contribution in [0.1, 0.15) is 18.4 Å². The van der Waals surface area contributed by atoms with Gasteiger partial charge >= 0.3 is 0 Å². The van der Waals surface area contributed by atoms with Crippen molar-refractivity contribution in [2.75, 3.05) is 14.2 Å². The molecule has 100 valence electrons. The van der Waals surface area contributed by atoms with E-state index in [4.69, 9.17) is 15.2 Å². The quantitative estimate of drug-likeness (QED) is 0.917. The van der Waals surface area contributed by atoms with Gasteiger partial charge in [-0.2, -0.15) is 0 Å². The third-order valence-corrected chi connectivity index (χ3v) is 3.29. The van der Waals surface area contributed by atoms with Gasteiger partial charge in [0.2, 0.25) is 5.91 Å². The van der Waals surface area contributed by atoms with Crippen LogP contribution >= 0.6 is 0 Å².